The second kappa shape index (κ2) is 6.90. The molecular weight excluding hydrogens is 404 g/mol. The van der Waals surface area contributed by atoms with Gasteiger partial charge in [0.15, 0.2) is 5.79 Å². The Hall–Kier alpha value is -0.750. The lowest BCUT2D eigenvalue weighted by molar-refractivity contribution is -0.272. The van der Waals surface area contributed by atoms with E-state index in [4.69, 9.17) is 9.47 Å². The van der Waals surface area contributed by atoms with Crippen LogP contribution in [0.3, 0.4) is 0 Å². The lowest BCUT2D eigenvalue weighted by Crippen LogP contribution is -2.57. The van der Waals surface area contributed by atoms with Gasteiger partial charge < -0.3 is 19.7 Å². The zero-order valence-electron chi connectivity index (χ0n) is 20.0. The minimum atomic E-state index is -0.698. The summed E-state index contributed by atoms with van der Waals surface area (Å²) in [5.41, 5.74) is 0.724. The summed E-state index contributed by atoms with van der Waals surface area (Å²) in [5.74, 6) is 1.95. The summed E-state index contributed by atoms with van der Waals surface area (Å²) >= 11 is 0. The normalized spacial score (nSPS) is 59.2. The molecule has 0 unspecified atom stereocenters. The van der Waals surface area contributed by atoms with Crippen LogP contribution in [0.4, 0.5) is 0 Å². The molecule has 5 fully saturated rings. The SMILES string of the molecule is C[C@@H]1CC[C@@]2(OC1)O[C@H]1C[C@H]3[C@@H]4CC=C5C[C@@H](O)[C@H](O)C[C@]5(C)[C@H]4CC(=O)[C@]3(C)[C@H]1[C@@H]2C. The lowest BCUT2D eigenvalue weighted by atomic mass is 9.46. The number of fused-ring (bicyclic) bond motifs is 7. The predicted molar refractivity (Wildman–Crippen MR) is 119 cm³/mol. The topological polar surface area (TPSA) is 76.0 Å². The van der Waals surface area contributed by atoms with Crippen LogP contribution in [-0.4, -0.2) is 46.7 Å². The number of hydrogen-bond donors (Lipinski definition) is 2. The van der Waals surface area contributed by atoms with Gasteiger partial charge >= 0.3 is 0 Å². The summed E-state index contributed by atoms with van der Waals surface area (Å²) in [6.45, 7) is 9.74. The summed E-state index contributed by atoms with van der Waals surface area (Å²) in [7, 11) is 0. The Balaban J connectivity index is 1.33. The Kier molecular flexibility index (Phi) is 4.69. The van der Waals surface area contributed by atoms with E-state index >= 15 is 0 Å². The smallest absolute Gasteiger partial charge is 0.171 e. The molecular formula is C27H40O5. The highest BCUT2D eigenvalue weighted by atomic mass is 16.7. The summed E-state index contributed by atoms with van der Waals surface area (Å²) in [4.78, 5) is 14.0. The highest BCUT2D eigenvalue weighted by molar-refractivity contribution is 5.87. The molecule has 2 N–H and O–H groups in total. The average Bonchev–Trinajstić information content (AvgIpc) is 3.19. The molecule has 5 heteroatoms. The van der Waals surface area contributed by atoms with E-state index in [1.807, 2.05) is 0 Å². The van der Waals surface area contributed by atoms with Gasteiger partial charge in [0, 0.05) is 30.1 Å². The van der Waals surface area contributed by atoms with E-state index in [0.717, 1.165) is 32.3 Å². The van der Waals surface area contributed by atoms with Crippen LogP contribution in [0, 0.1) is 46.3 Å². The second-order valence-corrected chi connectivity index (χ2v) is 12.7. The molecule has 2 aliphatic heterocycles. The van der Waals surface area contributed by atoms with Crippen molar-refractivity contribution in [1.82, 2.24) is 0 Å². The predicted octanol–water partition coefficient (Wildman–Crippen LogP) is 3.86. The molecule has 0 aromatic heterocycles. The van der Waals surface area contributed by atoms with Gasteiger partial charge in [-0.25, -0.2) is 0 Å². The van der Waals surface area contributed by atoms with Gasteiger partial charge in [-0.3, -0.25) is 4.79 Å². The molecule has 3 saturated carbocycles. The lowest BCUT2D eigenvalue weighted by Gasteiger charge is -2.58. The Bertz CT molecular complexity index is 843. The van der Waals surface area contributed by atoms with E-state index < -0.39 is 18.0 Å². The minimum Gasteiger partial charge on any atom is -0.390 e. The van der Waals surface area contributed by atoms with E-state index in [2.05, 4.69) is 33.8 Å². The highest BCUT2D eigenvalue weighted by Gasteiger charge is 2.71. The summed E-state index contributed by atoms with van der Waals surface area (Å²) in [6.07, 6.45) is 6.77. The number of carbonyl (C=O) groups is 1. The molecule has 1 spiro atoms. The van der Waals surface area contributed by atoms with E-state index in [9.17, 15) is 15.0 Å². The van der Waals surface area contributed by atoms with Crippen LogP contribution in [0.25, 0.3) is 0 Å². The Morgan fingerprint density at radius 3 is 2.59 bits per heavy atom. The molecule has 0 aromatic rings. The Labute approximate surface area is 191 Å². The molecule has 0 bridgehead atoms. The minimum absolute atomic E-state index is 0.105. The molecule has 2 heterocycles. The number of Topliss-reactive ketones (excluding diaryl/α,β-unsaturated/α-hetero) is 1. The number of ketones is 1. The van der Waals surface area contributed by atoms with Crippen LogP contribution in [0.1, 0.15) is 72.6 Å². The maximum atomic E-state index is 14.0. The van der Waals surface area contributed by atoms with Crippen molar-refractivity contribution in [2.24, 2.45) is 46.3 Å². The van der Waals surface area contributed by atoms with Crippen molar-refractivity contribution in [3.05, 3.63) is 11.6 Å². The number of ether oxygens (including phenoxy) is 2. The van der Waals surface area contributed by atoms with Crippen LogP contribution < -0.4 is 0 Å². The fourth-order valence-corrected chi connectivity index (χ4v) is 9.38. The third-order valence-corrected chi connectivity index (χ3v) is 11.3. The van der Waals surface area contributed by atoms with Crippen molar-refractivity contribution >= 4 is 5.78 Å². The third kappa shape index (κ3) is 2.63. The van der Waals surface area contributed by atoms with Gasteiger partial charge in [-0.05, 0) is 61.2 Å². The monoisotopic (exact) mass is 444 g/mol. The summed E-state index contributed by atoms with van der Waals surface area (Å²) < 4.78 is 13.1. The quantitative estimate of drug-likeness (QED) is 0.555. The second-order valence-electron chi connectivity index (χ2n) is 12.7. The molecule has 5 nitrogen and oxygen atoms in total. The van der Waals surface area contributed by atoms with E-state index in [1.54, 1.807) is 0 Å². The zero-order valence-corrected chi connectivity index (χ0v) is 20.0. The van der Waals surface area contributed by atoms with Crippen molar-refractivity contribution < 1.29 is 24.5 Å². The first-order chi connectivity index (χ1) is 15.1. The number of carbonyl (C=O) groups excluding carboxylic acids is 1. The number of hydrogen-bond acceptors (Lipinski definition) is 5. The number of rotatable bonds is 0. The maximum absolute atomic E-state index is 14.0. The van der Waals surface area contributed by atoms with Gasteiger partial charge in [0.25, 0.3) is 0 Å². The summed E-state index contributed by atoms with van der Waals surface area (Å²) in [5, 5.41) is 20.8. The van der Waals surface area contributed by atoms with Gasteiger partial charge in [0.2, 0.25) is 0 Å². The van der Waals surface area contributed by atoms with Gasteiger partial charge in [-0.15, -0.1) is 0 Å². The molecule has 2 saturated heterocycles. The molecule has 0 radical (unpaired) electrons. The van der Waals surface area contributed by atoms with Crippen molar-refractivity contribution in [3.8, 4) is 0 Å². The van der Waals surface area contributed by atoms with E-state index in [0.29, 0.717) is 42.8 Å². The van der Waals surface area contributed by atoms with Gasteiger partial charge in [0.1, 0.15) is 5.78 Å². The molecule has 6 rings (SSSR count). The number of aliphatic hydroxyl groups excluding tert-OH is 2. The summed E-state index contributed by atoms with van der Waals surface area (Å²) in [6, 6.07) is 0. The van der Waals surface area contributed by atoms with Gasteiger partial charge in [0.05, 0.1) is 24.9 Å². The molecule has 0 aromatic carbocycles. The van der Waals surface area contributed by atoms with Crippen LogP contribution in [-0.2, 0) is 14.3 Å². The van der Waals surface area contributed by atoms with Gasteiger partial charge in [-0.2, -0.15) is 0 Å². The molecule has 12 atom stereocenters. The van der Waals surface area contributed by atoms with Crippen LogP contribution in [0.2, 0.25) is 0 Å². The van der Waals surface area contributed by atoms with E-state index in [1.165, 1.54) is 5.57 Å². The average molecular weight is 445 g/mol. The van der Waals surface area contributed by atoms with Crippen molar-refractivity contribution in [3.63, 3.8) is 0 Å². The zero-order chi connectivity index (χ0) is 22.6. The van der Waals surface area contributed by atoms with Crippen LogP contribution in [0.15, 0.2) is 11.6 Å². The van der Waals surface area contributed by atoms with Crippen LogP contribution in [0.5, 0.6) is 0 Å². The van der Waals surface area contributed by atoms with Crippen LogP contribution >= 0.6 is 0 Å². The van der Waals surface area contributed by atoms with Crippen molar-refractivity contribution in [2.75, 3.05) is 6.61 Å². The van der Waals surface area contributed by atoms with Gasteiger partial charge in [-0.1, -0.05) is 39.3 Å². The first kappa shape index (κ1) is 21.8. The number of allylic oxidation sites excluding steroid dienone is 1. The highest BCUT2D eigenvalue weighted by Crippen LogP contribution is 2.69. The Morgan fingerprint density at radius 1 is 1.09 bits per heavy atom. The van der Waals surface area contributed by atoms with E-state index in [-0.39, 0.29) is 34.7 Å². The largest absolute Gasteiger partial charge is 0.390 e. The molecule has 4 aliphatic carbocycles. The molecule has 178 valence electrons. The maximum Gasteiger partial charge on any atom is 0.171 e. The molecule has 6 aliphatic rings. The standard InChI is InChI=1S/C27H40O5/c1-14-7-8-27(31-13-14)15(2)24-22(32-27)10-19-17-6-5-16-9-20(28)21(29)12-25(16,3)18(17)11-23(30)26(19,24)4/h5,14-15,17-22,24,28-29H,6-13H2,1-4H3/t14-,15+,17-,18+,19+,20-,21-,22+,24+,25+,26-,27-/m1/s1. The Morgan fingerprint density at radius 2 is 1.88 bits per heavy atom. The fraction of sp³-hybridized carbons (Fsp3) is 0.889. The fourth-order valence-electron chi connectivity index (χ4n) is 9.38. The third-order valence-electron chi connectivity index (χ3n) is 11.3. The number of aliphatic hydroxyl groups is 2. The van der Waals surface area contributed by atoms with Crippen molar-refractivity contribution in [1.29, 1.82) is 0 Å². The first-order valence-corrected chi connectivity index (χ1v) is 13.0. The van der Waals surface area contributed by atoms with Crippen molar-refractivity contribution in [2.45, 2.75) is 96.7 Å². The molecule has 0 amide bonds. The first-order valence-electron chi connectivity index (χ1n) is 13.0. The molecule has 32 heavy (non-hydrogen) atoms.